The number of ether oxygens (including phenoxy) is 2. The van der Waals surface area contributed by atoms with Gasteiger partial charge in [0.1, 0.15) is 12.1 Å². The van der Waals surface area contributed by atoms with Crippen molar-refractivity contribution >= 4 is 23.7 Å². The van der Waals surface area contributed by atoms with Crippen LogP contribution >= 0.6 is 0 Å². The fourth-order valence-corrected chi connectivity index (χ4v) is 4.89. The van der Waals surface area contributed by atoms with Crippen molar-refractivity contribution in [3.8, 4) is 0 Å². The first-order valence-electron chi connectivity index (χ1n) is 10.9. The van der Waals surface area contributed by atoms with Gasteiger partial charge < -0.3 is 19.4 Å². The number of amides is 3. The van der Waals surface area contributed by atoms with E-state index in [9.17, 15) is 19.2 Å². The third-order valence-electron chi connectivity index (χ3n) is 6.64. The molecular weight excluding hydrogens is 402 g/mol. The van der Waals surface area contributed by atoms with E-state index < -0.39 is 30.7 Å². The summed E-state index contributed by atoms with van der Waals surface area (Å²) in [6.45, 7) is 4.34. The molecule has 0 bridgehead atoms. The Bertz CT molecular complexity index is 909. The van der Waals surface area contributed by atoms with Crippen molar-refractivity contribution in [3.63, 3.8) is 0 Å². The van der Waals surface area contributed by atoms with Gasteiger partial charge in [-0.25, -0.2) is 4.79 Å². The van der Waals surface area contributed by atoms with Crippen LogP contribution in [0.15, 0.2) is 6.07 Å². The molecule has 9 heteroatoms. The van der Waals surface area contributed by atoms with Gasteiger partial charge in [0.15, 0.2) is 6.61 Å². The predicted molar refractivity (Wildman–Crippen MR) is 110 cm³/mol. The van der Waals surface area contributed by atoms with E-state index in [0.717, 1.165) is 48.6 Å². The SMILES string of the molecule is Cc1cc(C(=O)COC(=O)CN2C(=O)NC3(CCCC3)C2=O)c(C)n1C[C@H]1CCCO1. The molecule has 9 nitrogen and oxygen atoms in total. The highest BCUT2D eigenvalue weighted by atomic mass is 16.5. The van der Waals surface area contributed by atoms with Crippen LogP contribution in [-0.4, -0.2) is 64.6 Å². The number of hydrogen-bond acceptors (Lipinski definition) is 6. The summed E-state index contributed by atoms with van der Waals surface area (Å²) in [4.78, 5) is 50.6. The summed E-state index contributed by atoms with van der Waals surface area (Å²) in [7, 11) is 0. The van der Waals surface area contributed by atoms with Crippen LogP contribution in [0.5, 0.6) is 0 Å². The number of hydrogen-bond donors (Lipinski definition) is 1. The fourth-order valence-electron chi connectivity index (χ4n) is 4.89. The highest BCUT2D eigenvalue weighted by Gasteiger charge is 2.52. The summed E-state index contributed by atoms with van der Waals surface area (Å²) in [5.41, 5.74) is 1.40. The number of urea groups is 1. The van der Waals surface area contributed by atoms with Crippen LogP contribution in [0.3, 0.4) is 0 Å². The summed E-state index contributed by atoms with van der Waals surface area (Å²) in [6.07, 6.45) is 5.10. The van der Waals surface area contributed by atoms with E-state index in [0.29, 0.717) is 24.9 Å². The number of aryl methyl sites for hydroxylation is 1. The first kappa shape index (κ1) is 21.5. The van der Waals surface area contributed by atoms with Crippen LogP contribution in [0.4, 0.5) is 4.79 Å². The van der Waals surface area contributed by atoms with Gasteiger partial charge in [0.2, 0.25) is 5.78 Å². The molecule has 1 aliphatic carbocycles. The number of rotatable bonds is 7. The van der Waals surface area contributed by atoms with E-state index in [1.54, 1.807) is 6.07 Å². The maximum atomic E-state index is 12.7. The Morgan fingerprint density at radius 1 is 1.23 bits per heavy atom. The molecule has 31 heavy (non-hydrogen) atoms. The molecule has 4 rings (SSSR count). The van der Waals surface area contributed by atoms with E-state index in [2.05, 4.69) is 9.88 Å². The van der Waals surface area contributed by atoms with Gasteiger partial charge >= 0.3 is 12.0 Å². The first-order chi connectivity index (χ1) is 14.8. The molecule has 2 saturated heterocycles. The minimum absolute atomic E-state index is 0.151. The Labute approximate surface area is 181 Å². The molecule has 1 spiro atoms. The third kappa shape index (κ3) is 4.11. The standard InChI is InChI=1S/C22H29N3O6/c1-14-10-17(15(2)24(14)11-16-6-5-9-30-16)18(26)13-31-19(27)12-25-20(28)22(23-21(25)29)7-3-4-8-22/h10,16H,3-9,11-13H2,1-2H3,(H,23,29)/t16-/m1/s1. The average molecular weight is 431 g/mol. The zero-order valence-electron chi connectivity index (χ0n) is 18.1. The summed E-state index contributed by atoms with van der Waals surface area (Å²) >= 11 is 0. The molecule has 1 saturated carbocycles. The lowest BCUT2D eigenvalue weighted by atomic mass is 9.98. The Hall–Kier alpha value is -2.68. The number of Topliss-reactive ketones (excluding diaryl/α,β-unsaturated/α-hetero) is 1. The van der Waals surface area contributed by atoms with Gasteiger partial charge in [-0.2, -0.15) is 0 Å². The minimum Gasteiger partial charge on any atom is -0.456 e. The lowest BCUT2D eigenvalue weighted by molar-refractivity contribution is -0.146. The van der Waals surface area contributed by atoms with Gasteiger partial charge in [0.05, 0.1) is 6.10 Å². The number of ketones is 1. The number of imide groups is 1. The normalized spacial score (nSPS) is 22.4. The molecular formula is C22H29N3O6. The quantitative estimate of drug-likeness (QED) is 0.401. The topological polar surface area (TPSA) is 107 Å². The highest BCUT2D eigenvalue weighted by Crippen LogP contribution is 2.34. The monoisotopic (exact) mass is 431 g/mol. The molecule has 1 aromatic heterocycles. The van der Waals surface area contributed by atoms with E-state index in [1.165, 1.54) is 0 Å². The van der Waals surface area contributed by atoms with E-state index in [4.69, 9.17) is 9.47 Å². The lowest BCUT2D eigenvalue weighted by Crippen LogP contribution is -2.44. The van der Waals surface area contributed by atoms with E-state index >= 15 is 0 Å². The van der Waals surface area contributed by atoms with Crippen molar-refractivity contribution in [3.05, 3.63) is 23.0 Å². The second-order valence-electron chi connectivity index (χ2n) is 8.72. The van der Waals surface area contributed by atoms with Gasteiger partial charge in [-0.15, -0.1) is 0 Å². The molecule has 3 amide bonds. The largest absolute Gasteiger partial charge is 0.456 e. The molecule has 3 fully saturated rings. The van der Waals surface area contributed by atoms with Gasteiger partial charge in [-0.3, -0.25) is 19.3 Å². The zero-order chi connectivity index (χ0) is 22.2. The van der Waals surface area contributed by atoms with Gasteiger partial charge in [0.25, 0.3) is 5.91 Å². The number of nitrogens with zero attached hydrogens (tertiary/aromatic N) is 2. The molecule has 1 aromatic rings. The summed E-state index contributed by atoms with van der Waals surface area (Å²) < 4.78 is 12.9. The number of aromatic nitrogens is 1. The molecule has 0 unspecified atom stereocenters. The molecule has 2 aliphatic heterocycles. The number of nitrogens with one attached hydrogen (secondary N) is 1. The number of esters is 1. The van der Waals surface area contributed by atoms with Crippen LogP contribution in [0.2, 0.25) is 0 Å². The summed E-state index contributed by atoms with van der Waals surface area (Å²) in [5.74, 6) is -1.47. The van der Waals surface area contributed by atoms with Gasteiger partial charge in [-0.1, -0.05) is 12.8 Å². The minimum atomic E-state index is -0.867. The maximum absolute atomic E-state index is 12.7. The Morgan fingerprint density at radius 2 is 1.97 bits per heavy atom. The Morgan fingerprint density at radius 3 is 2.65 bits per heavy atom. The van der Waals surface area contributed by atoms with Crippen molar-refractivity contribution in [2.75, 3.05) is 19.8 Å². The van der Waals surface area contributed by atoms with Crippen molar-refractivity contribution in [2.45, 2.75) is 70.6 Å². The fraction of sp³-hybridized carbons (Fsp3) is 0.636. The van der Waals surface area contributed by atoms with Crippen LogP contribution in [-0.2, 0) is 25.6 Å². The van der Waals surface area contributed by atoms with E-state index in [1.807, 2.05) is 13.8 Å². The van der Waals surface area contributed by atoms with Crippen molar-refractivity contribution in [2.24, 2.45) is 0 Å². The molecule has 168 valence electrons. The van der Waals surface area contributed by atoms with Crippen LogP contribution < -0.4 is 5.32 Å². The molecule has 1 N–H and O–H groups in total. The Balaban J connectivity index is 1.33. The van der Waals surface area contributed by atoms with Crippen LogP contribution in [0.25, 0.3) is 0 Å². The van der Waals surface area contributed by atoms with Crippen molar-refractivity contribution in [1.82, 2.24) is 14.8 Å². The predicted octanol–water partition coefficient (Wildman–Crippen LogP) is 1.87. The van der Waals surface area contributed by atoms with E-state index in [-0.39, 0.29) is 17.8 Å². The maximum Gasteiger partial charge on any atom is 0.326 e. The van der Waals surface area contributed by atoms with Crippen molar-refractivity contribution < 1.29 is 28.7 Å². The molecule has 1 atom stereocenters. The molecule has 0 radical (unpaired) electrons. The first-order valence-corrected chi connectivity index (χ1v) is 10.9. The highest BCUT2D eigenvalue weighted by molar-refractivity contribution is 6.09. The Kier molecular flexibility index (Phi) is 5.88. The molecule has 3 heterocycles. The van der Waals surface area contributed by atoms with Gasteiger partial charge in [0, 0.05) is 30.1 Å². The van der Waals surface area contributed by atoms with Crippen LogP contribution in [0.1, 0.15) is 60.3 Å². The third-order valence-corrected chi connectivity index (χ3v) is 6.64. The molecule has 3 aliphatic rings. The van der Waals surface area contributed by atoms with Crippen LogP contribution in [0, 0.1) is 13.8 Å². The number of carbonyl (C=O) groups excluding carboxylic acids is 4. The second-order valence-corrected chi connectivity index (χ2v) is 8.72. The summed E-state index contributed by atoms with van der Waals surface area (Å²) in [5, 5.41) is 2.72. The molecule has 0 aromatic carbocycles. The van der Waals surface area contributed by atoms with Crippen molar-refractivity contribution in [1.29, 1.82) is 0 Å². The number of carbonyl (C=O) groups is 4. The second kappa shape index (κ2) is 8.45. The summed E-state index contributed by atoms with van der Waals surface area (Å²) in [6, 6.07) is 1.22. The van der Waals surface area contributed by atoms with Gasteiger partial charge in [-0.05, 0) is 45.6 Å². The zero-order valence-corrected chi connectivity index (χ0v) is 18.1. The lowest BCUT2D eigenvalue weighted by Gasteiger charge is -2.19. The average Bonchev–Trinajstić information content (AvgIpc) is 3.51. The smallest absolute Gasteiger partial charge is 0.326 e.